The van der Waals surface area contributed by atoms with Crippen LogP contribution in [0, 0.1) is 13.8 Å². The molecule has 32 heavy (non-hydrogen) atoms. The van der Waals surface area contributed by atoms with E-state index in [1.54, 1.807) is 17.5 Å². The lowest BCUT2D eigenvalue weighted by atomic mass is 10.2. The maximum absolute atomic E-state index is 5.43. The fourth-order valence-corrected chi connectivity index (χ4v) is 4.63. The number of nitrogens with zero attached hydrogens (tertiary/aromatic N) is 5. The molecule has 0 radical (unpaired) electrons. The molecule has 3 aromatic heterocycles. The van der Waals surface area contributed by atoms with Gasteiger partial charge in [0.25, 0.3) is 0 Å². The molecule has 4 aromatic rings. The molecule has 1 fully saturated rings. The number of anilines is 3. The highest BCUT2D eigenvalue weighted by atomic mass is 32.1. The standard InChI is InChI=1S/C24H24N6OS/c1-16-3-4-18(15-26-16)23-27-17(2)22(32-23)21-9-10-25-24(29-21)28-19-5-7-20(8-6-19)30-11-13-31-14-12-30/h3-10,15H,11-14H2,1-2H3,(H,25,28,29). The summed E-state index contributed by atoms with van der Waals surface area (Å²) in [6.07, 6.45) is 3.64. The molecule has 0 bridgehead atoms. The topological polar surface area (TPSA) is 76.1 Å². The van der Waals surface area contributed by atoms with Crippen molar-refractivity contribution in [2.75, 3.05) is 36.5 Å². The molecular formula is C24H24N6OS. The van der Waals surface area contributed by atoms with Crippen molar-refractivity contribution in [1.29, 1.82) is 0 Å². The first-order valence-electron chi connectivity index (χ1n) is 10.6. The summed E-state index contributed by atoms with van der Waals surface area (Å²) in [5.41, 5.74) is 5.96. The molecule has 7 nitrogen and oxygen atoms in total. The predicted octanol–water partition coefficient (Wildman–Crippen LogP) is 4.86. The fraction of sp³-hybridized carbons (Fsp3) is 0.250. The van der Waals surface area contributed by atoms with Gasteiger partial charge in [-0.05, 0) is 56.3 Å². The maximum atomic E-state index is 5.43. The Kier molecular flexibility index (Phi) is 5.79. The van der Waals surface area contributed by atoms with E-state index in [1.807, 2.05) is 32.2 Å². The molecule has 0 atom stereocenters. The summed E-state index contributed by atoms with van der Waals surface area (Å²) in [4.78, 5) is 21.6. The minimum absolute atomic E-state index is 0.563. The van der Waals surface area contributed by atoms with Crippen LogP contribution in [-0.4, -0.2) is 46.2 Å². The van der Waals surface area contributed by atoms with Crippen molar-refractivity contribution in [1.82, 2.24) is 19.9 Å². The zero-order chi connectivity index (χ0) is 21.9. The smallest absolute Gasteiger partial charge is 0.227 e. The van der Waals surface area contributed by atoms with Gasteiger partial charge in [0.2, 0.25) is 5.95 Å². The van der Waals surface area contributed by atoms with Gasteiger partial charge in [0.05, 0.1) is 29.5 Å². The summed E-state index contributed by atoms with van der Waals surface area (Å²) < 4.78 is 5.43. The first-order valence-corrected chi connectivity index (χ1v) is 11.4. The minimum Gasteiger partial charge on any atom is -0.378 e. The number of hydrogen-bond donors (Lipinski definition) is 1. The molecule has 1 aromatic carbocycles. The number of aryl methyl sites for hydroxylation is 2. The zero-order valence-corrected chi connectivity index (χ0v) is 18.9. The largest absolute Gasteiger partial charge is 0.378 e. The second-order valence-electron chi connectivity index (χ2n) is 7.66. The average Bonchev–Trinajstić information content (AvgIpc) is 3.22. The third-order valence-corrected chi connectivity index (χ3v) is 6.57. The van der Waals surface area contributed by atoms with E-state index in [9.17, 15) is 0 Å². The van der Waals surface area contributed by atoms with Crippen LogP contribution in [0.3, 0.4) is 0 Å². The van der Waals surface area contributed by atoms with Gasteiger partial charge in [-0.25, -0.2) is 15.0 Å². The van der Waals surface area contributed by atoms with Crippen LogP contribution in [0.2, 0.25) is 0 Å². The Hall–Kier alpha value is -3.36. The lowest BCUT2D eigenvalue weighted by Crippen LogP contribution is -2.36. The predicted molar refractivity (Wildman–Crippen MR) is 129 cm³/mol. The number of thiazole rings is 1. The molecule has 0 aliphatic carbocycles. The van der Waals surface area contributed by atoms with E-state index in [4.69, 9.17) is 14.7 Å². The van der Waals surface area contributed by atoms with Crippen LogP contribution >= 0.6 is 11.3 Å². The molecule has 1 aliphatic rings. The second-order valence-corrected chi connectivity index (χ2v) is 8.66. The number of hydrogen-bond acceptors (Lipinski definition) is 8. The second kappa shape index (κ2) is 9.02. The van der Waals surface area contributed by atoms with E-state index in [2.05, 4.69) is 50.5 Å². The number of pyridine rings is 1. The van der Waals surface area contributed by atoms with E-state index >= 15 is 0 Å². The molecule has 1 aliphatic heterocycles. The Labute approximate surface area is 191 Å². The molecule has 1 N–H and O–H groups in total. The molecular weight excluding hydrogens is 420 g/mol. The Morgan fingerprint density at radius 3 is 2.50 bits per heavy atom. The molecule has 162 valence electrons. The van der Waals surface area contributed by atoms with Gasteiger partial charge < -0.3 is 15.0 Å². The Bertz CT molecular complexity index is 1200. The van der Waals surface area contributed by atoms with Gasteiger partial charge in [-0.2, -0.15) is 0 Å². The van der Waals surface area contributed by atoms with E-state index < -0.39 is 0 Å². The van der Waals surface area contributed by atoms with E-state index in [0.717, 1.165) is 64.5 Å². The highest BCUT2D eigenvalue weighted by Gasteiger charge is 2.14. The molecule has 1 saturated heterocycles. The highest BCUT2D eigenvalue weighted by Crippen LogP contribution is 2.34. The first kappa shape index (κ1) is 20.5. The van der Waals surface area contributed by atoms with Gasteiger partial charge in [0.15, 0.2) is 0 Å². The Morgan fingerprint density at radius 2 is 1.75 bits per heavy atom. The third kappa shape index (κ3) is 4.46. The van der Waals surface area contributed by atoms with Crippen LogP contribution in [0.25, 0.3) is 21.1 Å². The van der Waals surface area contributed by atoms with Gasteiger partial charge in [-0.3, -0.25) is 4.98 Å². The summed E-state index contributed by atoms with van der Waals surface area (Å²) >= 11 is 1.62. The summed E-state index contributed by atoms with van der Waals surface area (Å²) in [5, 5.41) is 4.26. The molecule has 0 amide bonds. The van der Waals surface area contributed by atoms with E-state index in [1.165, 1.54) is 5.69 Å². The van der Waals surface area contributed by atoms with Gasteiger partial charge >= 0.3 is 0 Å². The summed E-state index contributed by atoms with van der Waals surface area (Å²) in [6, 6.07) is 14.3. The lowest BCUT2D eigenvalue weighted by Gasteiger charge is -2.28. The van der Waals surface area contributed by atoms with Crippen molar-refractivity contribution in [2.24, 2.45) is 0 Å². The van der Waals surface area contributed by atoms with E-state index in [0.29, 0.717) is 5.95 Å². The van der Waals surface area contributed by atoms with Crippen molar-refractivity contribution in [3.05, 3.63) is 66.2 Å². The fourth-order valence-electron chi connectivity index (χ4n) is 3.60. The monoisotopic (exact) mass is 444 g/mol. The molecule has 0 spiro atoms. The maximum Gasteiger partial charge on any atom is 0.227 e. The highest BCUT2D eigenvalue weighted by molar-refractivity contribution is 7.18. The van der Waals surface area contributed by atoms with Gasteiger partial charge in [0.1, 0.15) is 5.01 Å². The normalized spacial score (nSPS) is 13.9. The van der Waals surface area contributed by atoms with Crippen LogP contribution in [0.5, 0.6) is 0 Å². The molecule has 0 unspecified atom stereocenters. The molecule has 8 heteroatoms. The van der Waals surface area contributed by atoms with Crippen LogP contribution < -0.4 is 10.2 Å². The van der Waals surface area contributed by atoms with E-state index in [-0.39, 0.29) is 0 Å². The van der Waals surface area contributed by atoms with Crippen molar-refractivity contribution in [2.45, 2.75) is 13.8 Å². The molecule has 5 rings (SSSR count). The van der Waals surface area contributed by atoms with Crippen molar-refractivity contribution in [3.8, 4) is 21.1 Å². The number of benzene rings is 1. The van der Waals surface area contributed by atoms with Crippen LogP contribution in [0.15, 0.2) is 54.9 Å². The third-order valence-electron chi connectivity index (χ3n) is 5.34. The van der Waals surface area contributed by atoms with Crippen molar-refractivity contribution >= 4 is 28.7 Å². The van der Waals surface area contributed by atoms with Crippen LogP contribution in [0.1, 0.15) is 11.4 Å². The van der Waals surface area contributed by atoms with Crippen molar-refractivity contribution in [3.63, 3.8) is 0 Å². The van der Waals surface area contributed by atoms with Gasteiger partial charge in [-0.1, -0.05) is 0 Å². The minimum atomic E-state index is 0.563. The number of aromatic nitrogens is 4. The van der Waals surface area contributed by atoms with Crippen LogP contribution in [-0.2, 0) is 4.74 Å². The summed E-state index contributed by atoms with van der Waals surface area (Å²) in [5.74, 6) is 0.563. The number of ether oxygens (including phenoxy) is 1. The number of morpholine rings is 1. The Balaban J connectivity index is 1.34. The average molecular weight is 445 g/mol. The summed E-state index contributed by atoms with van der Waals surface area (Å²) in [7, 11) is 0. The number of nitrogens with one attached hydrogen (secondary N) is 1. The van der Waals surface area contributed by atoms with Gasteiger partial charge in [-0.15, -0.1) is 11.3 Å². The quantitative estimate of drug-likeness (QED) is 0.471. The van der Waals surface area contributed by atoms with Crippen LogP contribution in [0.4, 0.5) is 17.3 Å². The molecule has 4 heterocycles. The first-order chi connectivity index (χ1) is 15.7. The van der Waals surface area contributed by atoms with Gasteiger partial charge in [0, 0.05) is 48.1 Å². The Morgan fingerprint density at radius 1 is 0.938 bits per heavy atom. The zero-order valence-electron chi connectivity index (χ0n) is 18.1. The molecule has 0 saturated carbocycles. The van der Waals surface area contributed by atoms with Crippen molar-refractivity contribution < 1.29 is 4.74 Å². The SMILES string of the molecule is Cc1ccc(-c2nc(C)c(-c3ccnc(Nc4ccc(N5CCOCC5)cc4)n3)s2)cn1. The number of rotatable bonds is 5. The lowest BCUT2D eigenvalue weighted by molar-refractivity contribution is 0.122. The summed E-state index contributed by atoms with van der Waals surface area (Å²) in [6.45, 7) is 7.39.